The summed E-state index contributed by atoms with van der Waals surface area (Å²) in [6, 6.07) is 2.87. The van der Waals surface area contributed by atoms with Gasteiger partial charge in [-0.1, -0.05) is 25.4 Å². The molecule has 0 aliphatic carbocycles. The molecule has 0 N–H and O–H groups in total. The third-order valence-electron chi connectivity index (χ3n) is 3.23. The van der Waals surface area contributed by atoms with E-state index in [1.54, 1.807) is 19.9 Å². The van der Waals surface area contributed by atoms with Crippen LogP contribution in [-0.4, -0.2) is 46.0 Å². The zero-order valence-electron chi connectivity index (χ0n) is 13.3. The largest absolute Gasteiger partial charge is 0.494 e. The Balaban J connectivity index is 3.31. The molecule has 0 aliphatic heterocycles. The second kappa shape index (κ2) is 8.32. The molecule has 0 amide bonds. The van der Waals surface area contributed by atoms with E-state index in [9.17, 15) is 13.2 Å². The number of carbonyl (C=O) groups is 1. The van der Waals surface area contributed by atoms with E-state index in [1.807, 2.05) is 0 Å². The van der Waals surface area contributed by atoms with Crippen molar-refractivity contribution < 1.29 is 22.7 Å². The molecule has 1 aromatic carbocycles. The van der Waals surface area contributed by atoms with Gasteiger partial charge in [0.1, 0.15) is 4.90 Å². The summed E-state index contributed by atoms with van der Waals surface area (Å²) in [5.74, 6) is -0.903. The third-order valence-corrected chi connectivity index (χ3v) is 5.98. The Hall–Kier alpha value is -0.830. The van der Waals surface area contributed by atoms with E-state index in [0.29, 0.717) is 4.47 Å². The van der Waals surface area contributed by atoms with E-state index < -0.39 is 21.9 Å². The Morgan fingerprint density at radius 2 is 2.00 bits per heavy atom. The summed E-state index contributed by atoms with van der Waals surface area (Å²) in [4.78, 5) is 11.5. The van der Waals surface area contributed by atoms with Crippen LogP contribution in [0.1, 0.15) is 13.8 Å². The van der Waals surface area contributed by atoms with Crippen molar-refractivity contribution in [1.29, 1.82) is 0 Å². The molecule has 1 atom stereocenters. The van der Waals surface area contributed by atoms with E-state index in [2.05, 4.69) is 20.7 Å². The molecule has 0 fully saturated rings. The van der Waals surface area contributed by atoms with Crippen molar-refractivity contribution in [1.82, 2.24) is 4.31 Å². The first-order valence-corrected chi connectivity index (χ1v) is 9.41. The van der Waals surface area contributed by atoms with Gasteiger partial charge < -0.3 is 9.47 Å². The summed E-state index contributed by atoms with van der Waals surface area (Å²) in [6.07, 6.45) is 0. The van der Waals surface area contributed by atoms with E-state index >= 15 is 0 Å². The first-order chi connectivity index (χ1) is 10.7. The minimum absolute atomic E-state index is 0.00120. The molecule has 23 heavy (non-hydrogen) atoms. The maximum atomic E-state index is 12.9. The minimum Gasteiger partial charge on any atom is -0.494 e. The fourth-order valence-electron chi connectivity index (χ4n) is 2.04. The molecule has 1 unspecified atom stereocenters. The highest BCUT2D eigenvalue weighted by atomic mass is 79.9. The van der Waals surface area contributed by atoms with Gasteiger partial charge in [0, 0.05) is 18.1 Å². The van der Waals surface area contributed by atoms with Crippen LogP contribution in [0.3, 0.4) is 0 Å². The number of carbonyl (C=O) groups excluding carboxylic acids is 1. The Kier molecular flexibility index (Phi) is 7.31. The van der Waals surface area contributed by atoms with Gasteiger partial charge in [-0.2, -0.15) is 4.31 Å². The number of hydrogen-bond acceptors (Lipinski definition) is 5. The highest BCUT2D eigenvalue weighted by molar-refractivity contribution is 9.10. The van der Waals surface area contributed by atoms with E-state index in [1.165, 1.54) is 24.6 Å². The average Bonchev–Trinajstić information content (AvgIpc) is 2.50. The van der Waals surface area contributed by atoms with Crippen LogP contribution >= 0.6 is 27.5 Å². The molecule has 130 valence electrons. The number of nitrogens with zero attached hydrogens (tertiary/aromatic N) is 1. The first-order valence-electron chi connectivity index (χ1n) is 6.80. The van der Waals surface area contributed by atoms with Crippen molar-refractivity contribution in [2.24, 2.45) is 5.92 Å². The van der Waals surface area contributed by atoms with Crippen LogP contribution in [-0.2, 0) is 19.6 Å². The summed E-state index contributed by atoms with van der Waals surface area (Å²) in [7, 11) is -1.25. The van der Waals surface area contributed by atoms with Crippen LogP contribution in [0.4, 0.5) is 0 Å². The molecule has 0 aromatic heterocycles. The molecular weight excluding hydrogens is 410 g/mol. The van der Waals surface area contributed by atoms with Gasteiger partial charge in [0.15, 0.2) is 5.75 Å². The van der Waals surface area contributed by atoms with Gasteiger partial charge in [-0.05, 0) is 28.1 Å². The second-order valence-electron chi connectivity index (χ2n) is 4.80. The van der Waals surface area contributed by atoms with Gasteiger partial charge in [0.2, 0.25) is 10.0 Å². The van der Waals surface area contributed by atoms with Crippen molar-refractivity contribution in [3.8, 4) is 5.75 Å². The quantitative estimate of drug-likeness (QED) is 0.624. The Bertz CT molecular complexity index is 680. The summed E-state index contributed by atoms with van der Waals surface area (Å²) in [5.41, 5.74) is 0. The fraction of sp³-hybridized carbons (Fsp3) is 0.500. The maximum absolute atomic E-state index is 12.9. The SMILES string of the molecule is CCN(CC(C)C(=O)OC)S(=O)(=O)c1cc(Cl)cc(Br)c1OC. The lowest BCUT2D eigenvalue weighted by Gasteiger charge is -2.24. The normalized spacial score (nSPS) is 13.0. The molecule has 1 rings (SSSR count). The Morgan fingerprint density at radius 3 is 2.48 bits per heavy atom. The van der Waals surface area contributed by atoms with Gasteiger partial charge >= 0.3 is 5.97 Å². The van der Waals surface area contributed by atoms with Crippen LogP contribution < -0.4 is 4.74 Å². The molecule has 0 bridgehead atoms. The van der Waals surface area contributed by atoms with Gasteiger partial charge in [-0.3, -0.25) is 4.79 Å². The first kappa shape index (κ1) is 20.2. The number of rotatable bonds is 7. The summed E-state index contributed by atoms with van der Waals surface area (Å²) >= 11 is 9.21. The lowest BCUT2D eigenvalue weighted by molar-refractivity contribution is -0.145. The smallest absolute Gasteiger partial charge is 0.309 e. The van der Waals surface area contributed by atoms with Crippen molar-refractivity contribution in [2.45, 2.75) is 18.7 Å². The third kappa shape index (κ3) is 4.59. The lowest BCUT2D eigenvalue weighted by atomic mass is 10.2. The number of esters is 1. The average molecular weight is 429 g/mol. The van der Waals surface area contributed by atoms with Crippen molar-refractivity contribution in [3.05, 3.63) is 21.6 Å². The van der Waals surface area contributed by atoms with Gasteiger partial charge in [-0.15, -0.1) is 0 Å². The second-order valence-corrected chi connectivity index (χ2v) is 8.00. The molecule has 0 radical (unpaired) electrons. The van der Waals surface area contributed by atoms with Crippen LogP contribution in [0.2, 0.25) is 5.02 Å². The van der Waals surface area contributed by atoms with Crippen molar-refractivity contribution in [3.63, 3.8) is 0 Å². The molecule has 0 saturated carbocycles. The van der Waals surface area contributed by atoms with Gasteiger partial charge in [0.05, 0.1) is 24.6 Å². The number of benzene rings is 1. The number of methoxy groups -OCH3 is 2. The monoisotopic (exact) mass is 427 g/mol. The zero-order chi connectivity index (χ0) is 17.8. The molecule has 0 spiro atoms. The zero-order valence-corrected chi connectivity index (χ0v) is 16.5. The minimum atomic E-state index is -3.89. The van der Waals surface area contributed by atoms with Crippen molar-refractivity contribution >= 4 is 43.5 Å². The highest BCUT2D eigenvalue weighted by Crippen LogP contribution is 2.36. The molecule has 6 nitrogen and oxygen atoms in total. The van der Waals surface area contributed by atoms with Gasteiger partial charge in [0.25, 0.3) is 0 Å². The van der Waals surface area contributed by atoms with E-state index in [4.69, 9.17) is 16.3 Å². The number of hydrogen-bond donors (Lipinski definition) is 0. The summed E-state index contributed by atoms with van der Waals surface area (Å²) in [6.45, 7) is 3.48. The van der Waals surface area contributed by atoms with Crippen LogP contribution in [0.25, 0.3) is 0 Å². The molecular formula is C14H19BrClNO5S. The van der Waals surface area contributed by atoms with Gasteiger partial charge in [-0.25, -0.2) is 8.42 Å². The molecule has 9 heteroatoms. The van der Waals surface area contributed by atoms with Crippen molar-refractivity contribution in [2.75, 3.05) is 27.3 Å². The molecule has 0 saturated heterocycles. The maximum Gasteiger partial charge on any atom is 0.309 e. The van der Waals surface area contributed by atoms with Crippen LogP contribution in [0.5, 0.6) is 5.75 Å². The fourth-order valence-corrected chi connectivity index (χ4v) is 4.95. The summed E-state index contributed by atoms with van der Waals surface area (Å²) < 4.78 is 37.3. The van der Waals surface area contributed by atoms with E-state index in [0.717, 1.165) is 0 Å². The van der Waals surface area contributed by atoms with E-state index in [-0.39, 0.29) is 28.8 Å². The predicted molar refractivity (Wildman–Crippen MR) is 91.3 cm³/mol. The number of ether oxygens (including phenoxy) is 2. The molecule has 0 heterocycles. The van der Waals surface area contributed by atoms with Crippen LogP contribution in [0, 0.1) is 5.92 Å². The standard InChI is InChI=1S/C14H19BrClNO5S/c1-5-17(8-9(2)14(18)22-4)23(19,20)12-7-10(16)6-11(15)13(12)21-3/h6-7,9H,5,8H2,1-4H3. The molecule has 0 aliphatic rings. The summed E-state index contributed by atoms with van der Waals surface area (Å²) in [5, 5.41) is 0.258. The Labute approximate surface area is 149 Å². The predicted octanol–water partition coefficient (Wildman–Crippen LogP) is 2.93. The highest BCUT2D eigenvalue weighted by Gasteiger charge is 2.31. The number of sulfonamides is 1. The van der Waals surface area contributed by atoms with Crippen LogP contribution in [0.15, 0.2) is 21.5 Å². The molecule has 1 aromatic rings. The topological polar surface area (TPSA) is 72.9 Å². The lowest BCUT2D eigenvalue weighted by Crippen LogP contribution is -2.37. The number of halogens is 2. The Morgan fingerprint density at radius 1 is 1.39 bits per heavy atom.